The van der Waals surface area contributed by atoms with Crippen LogP contribution in [0.25, 0.3) is 0 Å². The van der Waals surface area contributed by atoms with E-state index in [2.05, 4.69) is 5.32 Å². The van der Waals surface area contributed by atoms with Gasteiger partial charge in [0.05, 0.1) is 6.10 Å². The molecule has 0 aromatic heterocycles. The van der Waals surface area contributed by atoms with Crippen LogP contribution >= 0.6 is 11.6 Å². The zero-order valence-electron chi connectivity index (χ0n) is 14.3. The molecule has 0 aliphatic rings. The highest BCUT2D eigenvalue weighted by Gasteiger charge is 2.29. The predicted molar refractivity (Wildman–Crippen MR) is 92.9 cm³/mol. The highest BCUT2D eigenvalue weighted by atomic mass is 35.5. The van der Waals surface area contributed by atoms with Crippen molar-refractivity contribution in [3.05, 3.63) is 29.3 Å². The van der Waals surface area contributed by atoms with E-state index in [4.69, 9.17) is 16.3 Å². The lowest BCUT2D eigenvalue weighted by molar-refractivity contribution is -0.121. The number of halogens is 1. The topological polar surface area (TPSA) is 58.6 Å². The Morgan fingerprint density at radius 2 is 1.74 bits per heavy atom. The van der Waals surface area contributed by atoms with Gasteiger partial charge in [0.2, 0.25) is 5.91 Å². The van der Waals surface area contributed by atoms with E-state index in [1.54, 1.807) is 43.0 Å². The van der Waals surface area contributed by atoms with Gasteiger partial charge in [-0.05, 0) is 51.0 Å². The van der Waals surface area contributed by atoms with Gasteiger partial charge in [0, 0.05) is 17.3 Å². The Morgan fingerprint density at radius 1 is 1.17 bits per heavy atom. The van der Waals surface area contributed by atoms with Crippen molar-refractivity contribution in [3.8, 4) is 0 Å². The largest absolute Gasteiger partial charge is 0.447 e. The zero-order valence-corrected chi connectivity index (χ0v) is 15.1. The molecule has 5 nitrogen and oxygen atoms in total. The molecule has 128 valence electrons. The molecule has 1 atom stereocenters. The lowest BCUT2D eigenvalue weighted by Crippen LogP contribution is -2.51. The van der Waals surface area contributed by atoms with E-state index < -0.39 is 12.1 Å². The van der Waals surface area contributed by atoms with E-state index in [0.29, 0.717) is 11.6 Å². The summed E-state index contributed by atoms with van der Waals surface area (Å²) in [6.45, 7) is 9.67. The first-order valence-electron chi connectivity index (χ1n) is 7.80. The summed E-state index contributed by atoms with van der Waals surface area (Å²) in [5.41, 5.74) is 0.742. The Bertz CT molecular complexity index is 529. The second-order valence-electron chi connectivity index (χ2n) is 5.88. The number of benzene rings is 1. The van der Waals surface area contributed by atoms with E-state index in [9.17, 15) is 9.59 Å². The van der Waals surface area contributed by atoms with Crippen molar-refractivity contribution >= 4 is 29.3 Å². The second kappa shape index (κ2) is 8.77. The molecule has 23 heavy (non-hydrogen) atoms. The van der Waals surface area contributed by atoms with Gasteiger partial charge in [0.25, 0.3) is 0 Å². The molecule has 2 amide bonds. The van der Waals surface area contributed by atoms with Crippen LogP contribution in [0.3, 0.4) is 0 Å². The maximum absolute atomic E-state index is 12.8. The number of nitrogens with zero attached hydrogens (tertiary/aromatic N) is 1. The van der Waals surface area contributed by atoms with Gasteiger partial charge in [-0.2, -0.15) is 0 Å². The Labute approximate surface area is 142 Å². The van der Waals surface area contributed by atoms with E-state index >= 15 is 0 Å². The fourth-order valence-electron chi connectivity index (χ4n) is 2.14. The third kappa shape index (κ3) is 5.75. The summed E-state index contributed by atoms with van der Waals surface area (Å²) >= 11 is 5.89. The number of nitrogens with one attached hydrogen (secondary N) is 1. The van der Waals surface area contributed by atoms with Gasteiger partial charge in [-0.3, -0.25) is 4.79 Å². The maximum Gasteiger partial charge on any atom is 0.408 e. The SMILES string of the molecule is CCN(C(=O)[C@@H](NC(=O)OC(C)C)C(C)C)c1ccc(Cl)cc1. The van der Waals surface area contributed by atoms with Gasteiger partial charge in [-0.15, -0.1) is 0 Å². The van der Waals surface area contributed by atoms with E-state index in [-0.39, 0.29) is 17.9 Å². The van der Waals surface area contributed by atoms with Crippen LogP contribution in [-0.4, -0.2) is 30.7 Å². The van der Waals surface area contributed by atoms with Crippen LogP contribution in [0.15, 0.2) is 24.3 Å². The first-order chi connectivity index (χ1) is 10.8. The summed E-state index contributed by atoms with van der Waals surface area (Å²) in [7, 11) is 0. The number of hydrogen-bond acceptors (Lipinski definition) is 3. The smallest absolute Gasteiger partial charge is 0.408 e. The fraction of sp³-hybridized carbons (Fsp3) is 0.529. The third-order valence-electron chi connectivity index (χ3n) is 3.27. The number of amides is 2. The molecule has 0 aliphatic carbocycles. The van der Waals surface area contributed by atoms with Gasteiger partial charge in [0.15, 0.2) is 0 Å². The van der Waals surface area contributed by atoms with Crippen LogP contribution in [0.4, 0.5) is 10.5 Å². The molecular weight excluding hydrogens is 316 g/mol. The highest BCUT2D eigenvalue weighted by molar-refractivity contribution is 6.30. The first-order valence-corrected chi connectivity index (χ1v) is 8.18. The highest BCUT2D eigenvalue weighted by Crippen LogP contribution is 2.20. The van der Waals surface area contributed by atoms with E-state index in [1.807, 2.05) is 20.8 Å². The minimum atomic E-state index is -0.656. The molecule has 0 fully saturated rings. The number of alkyl carbamates (subject to hydrolysis) is 1. The monoisotopic (exact) mass is 340 g/mol. The minimum Gasteiger partial charge on any atom is -0.447 e. The molecular formula is C17H25ClN2O3. The molecule has 0 bridgehead atoms. The molecule has 0 aliphatic heterocycles. The lowest BCUT2D eigenvalue weighted by atomic mass is 10.0. The molecule has 1 rings (SSSR count). The van der Waals surface area contributed by atoms with Crippen molar-refractivity contribution in [1.82, 2.24) is 5.32 Å². The standard InChI is InChI=1S/C17H25ClN2O3/c1-6-20(14-9-7-13(18)8-10-14)16(21)15(11(2)3)19-17(22)23-12(4)5/h7-12,15H,6H2,1-5H3,(H,19,22)/t15-/m0/s1. The van der Waals surface area contributed by atoms with Crippen LogP contribution < -0.4 is 10.2 Å². The number of rotatable bonds is 6. The molecule has 6 heteroatoms. The van der Waals surface area contributed by atoms with Crippen molar-refractivity contribution < 1.29 is 14.3 Å². The van der Waals surface area contributed by atoms with E-state index in [0.717, 1.165) is 5.69 Å². The number of anilines is 1. The van der Waals surface area contributed by atoms with Gasteiger partial charge in [0.1, 0.15) is 6.04 Å². The van der Waals surface area contributed by atoms with Gasteiger partial charge in [-0.1, -0.05) is 25.4 Å². The maximum atomic E-state index is 12.8. The predicted octanol–water partition coefficient (Wildman–Crippen LogP) is 3.85. The molecule has 1 aromatic carbocycles. The molecule has 0 unspecified atom stereocenters. The van der Waals surface area contributed by atoms with Crippen LogP contribution in [-0.2, 0) is 9.53 Å². The quantitative estimate of drug-likeness (QED) is 0.855. The number of ether oxygens (including phenoxy) is 1. The average Bonchev–Trinajstić information content (AvgIpc) is 2.46. The fourth-order valence-corrected chi connectivity index (χ4v) is 2.27. The van der Waals surface area contributed by atoms with Gasteiger partial charge < -0.3 is 15.0 Å². The van der Waals surface area contributed by atoms with Crippen molar-refractivity contribution in [3.63, 3.8) is 0 Å². The normalized spacial score (nSPS) is 12.2. The van der Waals surface area contributed by atoms with Gasteiger partial charge >= 0.3 is 6.09 Å². The summed E-state index contributed by atoms with van der Waals surface area (Å²) < 4.78 is 5.08. The molecule has 0 saturated heterocycles. The number of likely N-dealkylation sites (N-methyl/N-ethyl adjacent to an activating group) is 1. The molecule has 0 spiro atoms. The van der Waals surface area contributed by atoms with Crippen molar-refractivity contribution in [2.24, 2.45) is 5.92 Å². The Hall–Kier alpha value is -1.75. The van der Waals surface area contributed by atoms with Crippen LogP contribution in [0.5, 0.6) is 0 Å². The summed E-state index contributed by atoms with van der Waals surface area (Å²) in [4.78, 5) is 26.3. The Morgan fingerprint density at radius 3 is 2.17 bits per heavy atom. The van der Waals surface area contributed by atoms with Crippen molar-refractivity contribution in [2.45, 2.75) is 46.8 Å². The molecule has 0 radical (unpaired) electrons. The number of carbonyl (C=O) groups excluding carboxylic acids is 2. The second-order valence-corrected chi connectivity index (χ2v) is 6.32. The molecule has 0 heterocycles. The van der Waals surface area contributed by atoms with Crippen LogP contribution in [0, 0.1) is 5.92 Å². The molecule has 0 saturated carbocycles. The average molecular weight is 341 g/mol. The molecule has 1 N–H and O–H groups in total. The Balaban J connectivity index is 2.93. The van der Waals surface area contributed by atoms with E-state index in [1.165, 1.54) is 0 Å². The third-order valence-corrected chi connectivity index (χ3v) is 3.52. The lowest BCUT2D eigenvalue weighted by Gasteiger charge is -2.29. The van der Waals surface area contributed by atoms with Crippen LogP contribution in [0.2, 0.25) is 5.02 Å². The van der Waals surface area contributed by atoms with Crippen molar-refractivity contribution in [1.29, 1.82) is 0 Å². The minimum absolute atomic E-state index is 0.0661. The summed E-state index contributed by atoms with van der Waals surface area (Å²) in [6, 6.07) is 6.38. The van der Waals surface area contributed by atoms with Gasteiger partial charge in [-0.25, -0.2) is 4.79 Å². The molecule has 1 aromatic rings. The number of hydrogen-bond donors (Lipinski definition) is 1. The zero-order chi connectivity index (χ0) is 17.6. The first kappa shape index (κ1) is 19.3. The summed E-state index contributed by atoms with van der Waals surface area (Å²) in [5.74, 6) is -0.242. The van der Waals surface area contributed by atoms with Crippen LogP contribution in [0.1, 0.15) is 34.6 Å². The van der Waals surface area contributed by atoms with Crippen molar-refractivity contribution in [2.75, 3.05) is 11.4 Å². The summed E-state index contributed by atoms with van der Waals surface area (Å²) in [6.07, 6.45) is -0.823. The Kier molecular flexibility index (Phi) is 7.36. The summed E-state index contributed by atoms with van der Waals surface area (Å²) in [5, 5.41) is 3.27. The number of carbonyl (C=O) groups is 2.